The summed E-state index contributed by atoms with van der Waals surface area (Å²) < 4.78 is 0. The van der Waals surface area contributed by atoms with Crippen LogP contribution < -0.4 is 10.6 Å². The van der Waals surface area contributed by atoms with E-state index in [0.717, 1.165) is 5.56 Å². The molecule has 0 aromatic heterocycles. The summed E-state index contributed by atoms with van der Waals surface area (Å²) in [7, 11) is 0. The number of carboxylic acids is 1. The van der Waals surface area contributed by atoms with Gasteiger partial charge < -0.3 is 10.4 Å². The Balaban J connectivity index is 0.00000264. The fraction of sp³-hybridized carbons (Fsp3) is 0.400. The molecule has 3 amide bonds. The molecule has 126 valence electrons. The van der Waals surface area contributed by atoms with Crippen LogP contribution in [0.25, 0.3) is 0 Å². The maximum absolute atomic E-state index is 11.7. The highest BCUT2D eigenvalue weighted by atomic mass is 35.5. The van der Waals surface area contributed by atoms with Gasteiger partial charge in [0.2, 0.25) is 5.91 Å². The zero-order valence-electron chi connectivity index (χ0n) is 12.5. The Morgan fingerprint density at radius 1 is 1.22 bits per heavy atom. The summed E-state index contributed by atoms with van der Waals surface area (Å²) in [6, 6.07) is 8.81. The van der Waals surface area contributed by atoms with E-state index in [0.29, 0.717) is 26.1 Å². The van der Waals surface area contributed by atoms with Gasteiger partial charge in [0.25, 0.3) is 0 Å². The first-order valence-corrected chi connectivity index (χ1v) is 7.11. The van der Waals surface area contributed by atoms with Gasteiger partial charge in [0, 0.05) is 13.1 Å². The molecule has 0 spiro atoms. The molecule has 1 saturated heterocycles. The number of nitrogens with zero attached hydrogens (tertiary/aromatic N) is 1. The van der Waals surface area contributed by atoms with Crippen molar-refractivity contribution >= 4 is 30.3 Å². The van der Waals surface area contributed by atoms with Crippen LogP contribution in [-0.4, -0.2) is 47.5 Å². The molecule has 1 aromatic carbocycles. The minimum Gasteiger partial charge on any atom is -0.481 e. The zero-order chi connectivity index (χ0) is 15.9. The Morgan fingerprint density at radius 2 is 1.91 bits per heavy atom. The Kier molecular flexibility index (Phi) is 7.50. The molecule has 1 aromatic rings. The molecule has 23 heavy (non-hydrogen) atoms. The van der Waals surface area contributed by atoms with Crippen LogP contribution >= 0.6 is 12.4 Å². The Bertz CT molecular complexity index is 553. The lowest BCUT2D eigenvalue weighted by molar-refractivity contribution is -0.141. The van der Waals surface area contributed by atoms with Gasteiger partial charge in [0.1, 0.15) is 0 Å². The van der Waals surface area contributed by atoms with Crippen LogP contribution in [-0.2, 0) is 16.1 Å². The second kappa shape index (κ2) is 9.12. The van der Waals surface area contributed by atoms with Gasteiger partial charge in [-0.05, 0) is 18.5 Å². The maximum Gasteiger partial charge on any atom is 0.321 e. The van der Waals surface area contributed by atoms with E-state index in [4.69, 9.17) is 5.11 Å². The summed E-state index contributed by atoms with van der Waals surface area (Å²) in [6.45, 7) is 1.26. The van der Waals surface area contributed by atoms with E-state index in [9.17, 15) is 14.4 Å². The van der Waals surface area contributed by atoms with Crippen molar-refractivity contribution in [2.24, 2.45) is 5.92 Å². The van der Waals surface area contributed by atoms with Gasteiger partial charge in [-0.3, -0.25) is 19.8 Å². The quantitative estimate of drug-likeness (QED) is 0.737. The van der Waals surface area contributed by atoms with Crippen LogP contribution in [0.4, 0.5) is 4.79 Å². The molecule has 1 fully saturated rings. The molecule has 0 aliphatic carbocycles. The summed E-state index contributed by atoms with van der Waals surface area (Å²) in [6.07, 6.45) is 0.531. The number of amides is 3. The van der Waals surface area contributed by atoms with E-state index in [2.05, 4.69) is 10.6 Å². The summed E-state index contributed by atoms with van der Waals surface area (Å²) in [5.74, 6) is -1.71. The largest absolute Gasteiger partial charge is 0.481 e. The molecular formula is C15H20ClN3O4. The number of rotatable bonds is 5. The number of benzene rings is 1. The second-order valence-electron chi connectivity index (χ2n) is 5.28. The van der Waals surface area contributed by atoms with Crippen molar-refractivity contribution in [2.75, 3.05) is 19.6 Å². The fourth-order valence-corrected chi connectivity index (χ4v) is 2.37. The molecule has 0 bridgehead atoms. The first-order chi connectivity index (χ1) is 10.5. The Morgan fingerprint density at radius 3 is 2.52 bits per heavy atom. The molecule has 1 aliphatic heterocycles. The first-order valence-electron chi connectivity index (χ1n) is 7.11. The first kappa shape index (κ1) is 18.9. The van der Waals surface area contributed by atoms with E-state index in [1.807, 2.05) is 30.3 Å². The van der Waals surface area contributed by atoms with Crippen molar-refractivity contribution in [1.82, 2.24) is 15.5 Å². The highest BCUT2D eigenvalue weighted by molar-refractivity contribution is 5.95. The molecule has 1 atom stereocenters. The molecular weight excluding hydrogens is 322 g/mol. The highest BCUT2D eigenvalue weighted by Gasteiger charge is 2.29. The molecule has 1 heterocycles. The van der Waals surface area contributed by atoms with Crippen LogP contribution in [0.1, 0.15) is 12.0 Å². The third-order valence-corrected chi connectivity index (χ3v) is 3.54. The Labute approximate surface area is 140 Å². The van der Waals surface area contributed by atoms with Crippen molar-refractivity contribution in [2.45, 2.75) is 13.0 Å². The standard InChI is InChI=1S/C15H19N3O4.ClH/c19-13(10-18-7-6-12(9-18)14(20)21)17-15(22)16-8-11-4-2-1-3-5-11;/h1-5,12H,6-10H2,(H,20,21)(H2,16,17,19,22);1H. The number of likely N-dealkylation sites (tertiary alicyclic amines) is 1. The van der Waals surface area contributed by atoms with Crippen LogP contribution in [0.2, 0.25) is 0 Å². The monoisotopic (exact) mass is 341 g/mol. The molecule has 0 saturated carbocycles. The number of carbonyl (C=O) groups is 3. The predicted molar refractivity (Wildman–Crippen MR) is 86.3 cm³/mol. The van der Waals surface area contributed by atoms with Gasteiger partial charge in [-0.1, -0.05) is 30.3 Å². The van der Waals surface area contributed by atoms with E-state index >= 15 is 0 Å². The molecule has 0 radical (unpaired) electrons. The van der Waals surface area contributed by atoms with Gasteiger partial charge >= 0.3 is 12.0 Å². The number of halogens is 1. The van der Waals surface area contributed by atoms with Crippen LogP contribution in [0.5, 0.6) is 0 Å². The third-order valence-electron chi connectivity index (χ3n) is 3.54. The van der Waals surface area contributed by atoms with Gasteiger partial charge in [-0.25, -0.2) is 4.79 Å². The predicted octanol–water partition coefficient (Wildman–Crippen LogP) is 0.841. The van der Waals surface area contributed by atoms with Crippen LogP contribution in [0, 0.1) is 5.92 Å². The van der Waals surface area contributed by atoms with Gasteiger partial charge in [-0.2, -0.15) is 0 Å². The van der Waals surface area contributed by atoms with Crippen molar-refractivity contribution < 1.29 is 19.5 Å². The van der Waals surface area contributed by atoms with Crippen molar-refractivity contribution in [1.29, 1.82) is 0 Å². The number of hydrogen-bond donors (Lipinski definition) is 3. The topological polar surface area (TPSA) is 98.7 Å². The minimum absolute atomic E-state index is 0. The second-order valence-corrected chi connectivity index (χ2v) is 5.28. The molecule has 3 N–H and O–H groups in total. The molecule has 8 heteroatoms. The normalized spacial score (nSPS) is 17.1. The SMILES string of the molecule is Cl.O=C(CN1CCC(C(=O)O)C1)NC(=O)NCc1ccccc1. The Hall–Kier alpha value is -2.12. The van der Waals surface area contributed by atoms with Gasteiger partial charge in [0.15, 0.2) is 0 Å². The lowest BCUT2D eigenvalue weighted by atomic mass is 10.1. The maximum atomic E-state index is 11.7. The molecule has 1 aliphatic rings. The van der Waals surface area contributed by atoms with Crippen molar-refractivity contribution in [3.8, 4) is 0 Å². The molecule has 1 unspecified atom stereocenters. The molecule has 7 nitrogen and oxygen atoms in total. The number of aliphatic carboxylic acids is 1. The summed E-state index contributed by atoms with van der Waals surface area (Å²) >= 11 is 0. The smallest absolute Gasteiger partial charge is 0.321 e. The van der Waals surface area contributed by atoms with Crippen LogP contribution in [0.15, 0.2) is 30.3 Å². The highest BCUT2D eigenvalue weighted by Crippen LogP contribution is 2.15. The average molecular weight is 342 g/mol. The molecule has 2 rings (SSSR count). The van der Waals surface area contributed by atoms with E-state index in [1.165, 1.54) is 0 Å². The van der Waals surface area contributed by atoms with Gasteiger partial charge in [0.05, 0.1) is 12.5 Å². The number of carboxylic acid groups (broad SMARTS) is 1. The zero-order valence-corrected chi connectivity index (χ0v) is 13.3. The lowest BCUT2D eigenvalue weighted by Gasteiger charge is -2.14. The number of nitrogens with one attached hydrogen (secondary N) is 2. The van der Waals surface area contributed by atoms with E-state index in [1.54, 1.807) is 4.90 Å². The number of urea groups is 1. The average Bonchev–Trinajstić information content (AvgIpc) is 2.95. The minimum atomic E-state index is -0.844. The third kappa shape index (κ3) is 6.25. The number of imide groups is 1. The van der Waals surface area contributed by atoms with Crippen molar-refractivity contribution in [3.63, 3.8) is 0 Å². The summed E-state index contributed by atoms with van der Waals surface area (Å²) in [5, 5.41) is 13.7. The van der Waals surface area contributed by atoms with Crippen molar-refractivity contribution in [3.05, 3.63) is 35.9 Å². The number of carbonyl (C=O) groups excluding carboxylic acids is 2. The lowest BCUT2D eigenvalue weighted by Crippen LogP contribution is -2.44. The summed E-state index contributed by atoms with van der Waals surface area (Å²) in [5.41, 5.74) is 0.939. The van der Waals surface area contributed by atoms with E-state index in [-0.39, 0.29) is 19.0 Å². The van der Waals surface area contributed by atoms with Gasteiger partial charge in [-0.15, -0.1) is 12.4 Å². The van der Waals surface area contributed by atoms with Crippen LogP contribution in [0.3, 0.4) is 0 Å². The fourth-order valence-electron chi connectivity index (χ4n) is 2.37. The number of hydrogen-bond acceptors (Lipinski definition) is 4. The summed E-state index contributed by atoms with van der Waals surface area (Å²) in [4.78, 5) is 35.9. The van der Waals surface area contributed by atoms with E-state index < -0.39 is 23.8 Å².